The summed E-state index contributed by atoms with van der Waals surface area (Å²) in [6.45, 7) is 7.07. The van der Waals surface area contributed by atoms with Gasteiger partial charge < -0.3 is 14.8 Å². The molecule has 2 atom stereocenters. The Hall–Kier alpha value is -2.94. The fraction of sp³-hybridized carbons (Fsp3) is 0.440. The van der Waals surface area contributed by atoms with Crippen molar-refractivity contribution in [1.82, 2.24) is 10.2 Å². The number of ether oxygens (including phenoxy) is 2. The van der Waals surface area contributed by atoms with E-state index in [4.69, 9.17) is 9.47 Å². The number of likely N-dealkylation sites (tertiary alicyclic amines) is 1. The molecular formula is C25H32F2N2O4Si. The standard InChI is InChI=1S/C25H32F2N2O4Si/c1-34(2,3)14-13-32-24(30)28-20-10-12-23(21-15-19(26)9-11-22(21)27)29(16-20)25(31)33-17-18-7-5-4-6-8-18/h4-9,11,15,20,23H,10,12-14,16-17H2,1-3H3,(H,28,30)/t20-,23+/m1/s1. The van der Waals surface area contributed by atoms with E-state index in [1.54, 1.807) is 0 Å². The second-order valence-corrected chi connectivity index (χ2v) is 15.4. The van der Waals surface area contributed by atoms with Crippen molar-refractivity contribution in [2.24, 2.45) is 0 Å². The molecule has 0 unspecified atom stereocenters. The Labute approximate surface area is 200 Å². The highest BCUT2D eigenvalue weighted by atomic mass is 28.3. The maximum atomic E-state index is 14.6. The van der Waals surface area contributed by atoms with E-state index in [1.165, 1.54) is 4.90 Å². The molecule has 1 saturated heterocycles. The lowest BCUT2D eigenvalue weighted by atomic mass is 9.92. The lowest BCUT2D eigenvalue weighted by molar-refractivity contribution is 0.0572. The Kier molecular flexibility index (Phi) is 8.65. The second-order valence-electron chi connectivity index (χ2n) is 9.74. The lowest BCUT2D eigenvalue weighted by Gasteiger charge is -2.39. The number of piperidine rings is 1. The van der Waals surface area contributed by atoms with E-state index in [0.717, 1.165) is 29.8 Å². The van der Waals surface area contributed by atoms with E-state index < -0.39 is 44.0 Å². The number of hydrogen-bond donors (Lipinski definition) is 1. The monoisotopic (exact) mass is 490 g/mol. The van der Waals surface area contributed by atoms with Crippen molar-refractivity contribution in [3.63, 3.8) is 0 Å². The molecule has 0 aromatic heterocycles. The van der Waals surface area contributed by atoms with E-state index >= 15 is 0 Å². The zero-order chi connectivity index (χ0) is 24.7. The molecule has 184 valence electrons. The van der Waals surface area contributed by atoms with Crippen molar-refractivity contribution in [2.45, 2.75) is 57.2 Å². The molecule has 9 heteroatoms. The highest BCUT2D eigenvalue weighted by molar-refractivity contribution is 6.76. The first-order valence-electron chi connectivity index (χ1n) is 11.5. The number of nitrogens with zero attached hydrogens (tertiary/aromatic N) is 1. The smallest absolute Gasteiger partial charge is 0.410 e. The van der Waals surface area contributed by atoms with Gasteiger partial charge >= 0.3 is 12.2 Å². The fourth-order valence-electron chi connectivity index (χ4n) is 3.84. The summed E-state index contributed by atoms with van der Waals surface area (Å²) in [5.41, 5.74) is 0.898. The third-order valence-electron chi connectivity index (χ3n) is 5.75. The number of halogens is 2. The van der Waals surface area contributed by atoms with E-state index in [2.05, 4.69) is 25.0 Å². The average Bonchev–Trinajstić information content (AvgIpc) is 2.79. The summed E-state index contributed by atoms with van der Waals surface area (Å²) < 4.78 is 39.2. The molecule has 1 N–H and O–H groups in total. The molecule has 3 rings (SSSR count). The topological polar surface area (TPSA) is 67.9 Å². The molecule has 2 amide bonds. The Morgan fingerprint density at radius 2 is 1.79 bits per heavy atom. The molecule has 1 fully saturated rings. The highest BCUT2D eigenvalue weighted by Crippen LogP contribution is 2.33. The van der Waals surface area contributed by atoms with Crippen molar-refractivity contribution < 1.29 is 27.8 Å². The molecule has 0 saturated carbocycles. The Morgan fingerprint density at radius 3 is 2.50 bits per heavy atom. The van der Waals surface area contributed by atoms with E-state index in [1.807, 2.05) is 30.3 Å². The summed E-state index contributed by atoms with van der Waals surface area (Å²) in [4.78, 5) is 26.6. The normalized spacial score (nSPS) is 18.3. The van der Waals surface area contributed by atoms with Gasteiger partial charge in [-0.2, -0.15) is 0 Å². The van der Waals surface area contributed by atoms with Crippen LogP contribution in [0.3, 0.4) is 0 Å². The predicted octanol–water partition coefficient (Wildman–Crippen LogP) is 5.87. The van der Waals surface area contributed by atoms with Crippen LogP contribution in [0.4, 0.5) is 18.4 Å². The van der Waals surface area contributed by atoms with E-state index in [9.17, 15) is 18.4 Å². The van der Waals surface area contributed by atoms with Crippen molar-refractivity contribution in [3.8, 4) is 0 Å². The summed E-state index contributed by atoms with van der Waals surface area (Å²) in [6, 6.07) is 12.1. The number of carbonyl (C=O) groups excluding carboxylic acids is 2. The first kappa shape index (κ1) is 25.7. The number of carbonyl (C=O) groups is 2. The molecule has 1 heterocycles. The number of nitrogens with one attached hydrogen (secondary N) is 1. The maximum Gasteiger partial charge on any atom is 0.410 e. The zero-order valence-corrected chi connectivity index (χ0v) is 20.9. The summed E-state index contributed by atoms with van der Waals surface area (Å²) in [5.74, 6) is -1.18. The molecule has 0 radical (unpaired) electrons. The molecule has 0 bridgehead atoms. The Morgan fingerprint density at radius 1 is 1.06 bits per heavy atom. The van der Waals surface area contributed by atoms with Crippen molar-refractivity contribution in [2.75, 3.05) is 13.2 Å². The number of rotatable bonds is 7. The van der Waals surface area contributed by atoms with Gasteiger partial charge in [0.05, 0.1) is 18.7 Å². The molecular weight excluding hydrogens is 458 g/mol. The van der Waals surface area contributed by atoms with Gasteiger partial charge in [0, 0.05) is 20.2 Å². The summed E-state index contributed by atoms with van der Waals surface area (Å²) in [7, 11) is -1.34. The van der Waals surface area contributed by atoms with Crippen LogP contribution in [0, 0.1) is 11.6 Å². The molecule has 2 aromatic rings. The SMILES string of the molecule is C[Si](C)(C)CCOC(=O)N[C@@H]1CC[C@@H](c2cc(F)ccc2F)N(C(=O)OCc2ccccc2)C1. The zero-order valence-electron chi connectivity index (χ0n) is 19.9. The van der Waals surface area contributed by atoms with E-state index in [-0.39, 0.29) is 18.7 Å². The van der Waals surface area contributed by atoms with Crippen LogP contribution in [0.2, 0.25) is 25.7 Å². The van der Waals surface area contributed by atoms with Crippen LogP contribution < -0.4 is 5.32 Å². The van der Waals surface area contributed by atoms with Crippen LogP contribution in [0.25, 0.3) is 0 Å². The lowest BCUT2D eigenvalue weighted by Crippen LogP contribution is -2.51. The van der Waals surface area contributed by atoms with E-state index in [0.29, 0.717) is 19.4 Å². The number of hydrogen-bond acceptors (Lipinski definition) is 4. The van der Waals surface area contributed by atoms with Gasteiger partial charge in [0.1, 0.15) is 18.2 Å². The fourth-order valence-corrected chi connectivity index (χ4v) is 4.56. The van der Waals surface area contributed by atoms with Crippen LogP contribution in [0.15, 0.2) is 48.5 Å². The Bertz CT molecular complexity index is 985. The minimum atomic E-state index is -1.34. The third-order valence-corrected chi connectivity index (χ3v) is 7.45. The number of amides is 2. The van der Waals surface area contributed by atoms with Crippen LogP contribution in [-0.4, -0.2) is 44.4 Å². The van der Waals surface area contributed by atoms with Crippen LogP contribution in [0.5, 0.6) is 0 Å². The second kappa shape index (κ2) is 11.5. The summed E-state index contributed by atoms with van der Waals surface area (Å²) >= 11 is 0. The highest BCUT2D eigenvalue weighted by Gasteiger charge is 2.36. The van der Waals surface area contributed by atoms with Gasteiger partial charge in [-0.25, -0.2) is 18.4 Å². The van der Waals surface area contributed by atoms with Gasteiger partial charge in [-0.15, -0.1) is 0 Å². The van der Waals surface area contributed by atoms with Crippen LogP contribution in [0.1, 0.15) is 30.0 Å². The van der Waals surface area contributed by atoms with Crippen LogP contribution in [-0.2, 0) is 16.1 Å². The number of alkyl carbamates (subject to hydrolysis) is 1. The van der Waals surface area contributed by atoms with Gasteiger partial charge in [-0.3, -0.25) is 4.90 Å². The minimum absolute atomic E-state index is 0.0470. The molecule has 2 aromatic carbocycles. The quantitative estimate of drug-likeness (QED) is 0.493. The average molecular weight is 491 g/mol. The van der Waals surface area contributed by atoms with Gasteiger partial charge in [0.2, 0.25) is 0 Å². The van der Waals surface area contributed by atoms with Gasteiger partial charge in [-0.05, 0) is 42.6 Å². The first-order valence-corrected chi connectivity index (χ1v) is 15.2. The maximum absolute atomic E-state index is 14.6. The van der Waals surface area contributed by atoms with Crippen molar-refractivity contribution in [3.05, 3.63) is 71.3 Å². The molecule has 1 aliphatic rings. The Balaban J connectivity index is 1.69. The summed E-state index contributed by atoms with van der Waals surface area (Å²) in [6.07, 6.45) is -0.389. The largest absolute Gasteiger partial charge is 0.450 e. The molecule has 0 aliphatic carbocycles. The predicted molar refractivity (Wildman–Crippen MR) is 128 cm³/mol. The van der Waals surface area contributed by atoms with Gasteiger partial charge in [0.25, 0.3) is 0 Å². The van der Waals surface area contributed by atoms with Gasteiger partial charge in [-0.1, -0.05) is 50.0 Å². The van der Waals surface area contributed by atoms with Crippen molar-refractivity contribution in [1.29, 1.82) is 0 Å². The number of benzene rings is 2. The first-order chi connectivity index (χ1) is 16.1. The minimum Gasteiger partial charge on any atom is -0.450 e. The van der Waals surface area contributed by atoms with Crippen molar-refractivity contribution >= 4 is 20.3 Å². The molecule has 34 heavy (non-hydrogen) atoms. The molecule has 0 spiro atoms. The molecule has 6 nitrogen and oxygen atoms in total. The van der Waals surface area contributed by atoms with Crippen LogP contribution >= 0.6 is 0 Å². The van der Waals surface area contributed by atoms with Gasteiger partial charge in [0.15, 0.2) is 0 Å². The third kappa shape index (κ3) is 7.55. The summed E-state index contributed by atoms with van der Waals surface area (Å²) in [5, 5.41) is 2.80. The molecule has 1 aliphatic heterocycles.